The van der Waals surface area contributed by atoms with Crippen molar-refractivity contribution in [1.82, 2.24) is 4.90 Å². The standard InChI is InChI=1S/C15H23NO4/c17-14(18)6-9-16(13-7-10-20-11-8-13)15(19)12-4-2-1-3-5-12/h1-2,12-13H,3-11H2,(H,17,18)/t12-/m0/s1. The molecule has 1 N–H and O–H groups in total. The molecule has 1 atom stereocenters. The fourth-order valence-corrected chi connectivity index (χ4v) is 2.94. The van der Waals surface area contributed by atoms with Crippen molar-refractivity contribution in [2.24, 2.45) is 5.92 Å². The molecule has 0 aromatic rings. The number of hydrogen-bond acceptors (Lipinski definition) is 3. The Morgan fingerprint density at radius 2 is 1.95 bits per heavy atom. The Morgan fingerprint density at radius 1 is 1.20 bits per heavy atom. The predicted octanol–water partition coefficient (Wildman–Crippen LogP) is 1.83. The van der Waals surface area contributed by atoms with E-state index in [-0.39, 0.29) is 24.3 Å². The van der Waals surface area contributed by atoms with Crippen molar-refractivity contribution in [3.05, 3.63) is 12.2 Å². The highest BCUT2D eigenvalue weighted by Crippen LogP contribution is 2.24. The van der Waals surface area contributed by atoms with Crippen molar-refractivity contribution < 1.29 is 19.4 Å². The van der Waals surface area contributed by atoms with Gasteiger partial charge in [-0.15, -0.1) is 0 Å². The Kier molecular flexibility index (Phi) is 5.59. The number of aliphatic carboxylic acids is 1. The molecule has 5 heteroatoms. The number of carboxylic acids is 1. The molecule has 0 spiro atoms. The molecule has 2 rings (SSSR count). The van der Waals surface area contributed by atoms with Crippen molar-refractivity contribution in [1.29, 1.82) is 0 Å². The maximum absolute atomic E-state index is 12.7. The molecule has 1 fully saturated rings. The molecule has 0 saturated carbocycles. The minimum atomic E-state index is -0.849. The molecule has 1 aliphatic carbocycles. The van der Waals surface area contributed by atoms with Crippen molar-refractivity contribution in [3.8, 4) is 0 Å². The Labute approximate surface area is 119 Å². The molecule has 5 nitrogen and oxygen atoms in total. The molecule has 1 heterocycles. The second-order valence-corrected chi connectivity index (χ2v) is 5.50. The van der Waals surface area contributed by atoms with E-state index in [2.05, 4.69) is 12.2 Å². The van der Waals surface area contributed by atoms with E-state index in [1.165, 1.54) is 0 Å². The van der Waals surface area contributed by atoms with Crippen molar-refractivity contribution >= 4 is 11.9 Å². The molecular weight excluding hydrogens is 258 g/mol. The predicted molar refractivity (Wildman–Crippen MR) is 74.3 cm³/mol. The SMILES string of the molecule is O=C(O)CCN(C(=O)[C@H]1CC=CCC1)C1CCOCC1. The number of carbonyl (C=O) groups excluding carboxylic acids is 1. The minimum Gasteiger partial charge on any atom is -0.481 e. The van der Waals surface area contributed by atoms with Crippen LogP contribution >= 0.6 is 0 Å². The van der Waals surface area contributed by atoms with Crippen LogP contribution in [-0.2, 0) is 14.3 Å². The van der Waals surface area contributed by atoms with Gasteiger partial charge in [0, 0.05) is 31.7 Å². The number of amides is 1. The lowest BCUT2D eigenvalue weighted by Gasteiger charge is -2.36. The van der Waals surface area contributed by atoms with Crippen LogP contribution in [-0.4, -0.2) is 47.7 Å². The van der Waals surface area contributed by atoms with E-state index in [1.807, 2.05) is 0 Å². The summed E-state index contributed by atoms with van der Waals surface area (Å²) in [6.45, 7) is 1.64. The fourth-order valence-electron chi connectivity index (χ4n) is 2.94. The molecule has 1 amide bonds. The van der Waals surface area contributed by atoms with Crippen LogP contribution in [0.25, 0.3) is 0 Å². The summed E-state index contributed by atoms with van der Waals surface area (Å²) < 4.78 is 5.34. The third-order valence-corrected chi connectivity index (χ3v) is 4.10. The Hall–Kier alpha value is -1.36. The first kappa shape index (κ1) is 15.0. The van der Waals surface area contributed by atoms with Crippen molar-refractivity contribution in [2.75, 3.05) is 19.8 Å². The lowest BCUT2D eigenvalue weighted by molar-refractivity contribution is -0.142. The number of carboxylic acid groups (broad SMARTS) is 1. The van der Waals surface area contributed by atoms with E-state index in [0.29, 0.717) is 19.8 Å². The number of rotatable bonds is 5. The monoisotopic (exact) mass is 281 g/mol. The molecule has 1 aliphatic heterocycles. The lowest BCUT2D eigenvalue weighted by atomic mass is 9.92. The first-order chi connectivity index (χ1) is 9.68. The van der Waals surface area contributed by atoms with E-state index in [0.717, 1.165) is 32.1 Å². The summed E-state index contributed by atoms with van der Waals surface area (Å²) in [5.41, 5.74) is 0. The van der Waals surface area contributed by atoms with Gasteiger partial charge in [-0.2, -0.15) is 0 Å². The number of allylic oxidation sites excluding steroid dienone is 2. The van der Waals surface area contributed by atoms with Gasteiger partial charge in [0.05, 0.1) is 6.42 Å². The van der Waals surface area contributed by atoms with Gasteiger partial charge in [-0.05, 0) is 32.1 Å². The van der Waals surface area contributed by atoms with Crippen LogP contribution in [0.2, 0.25) is 0 Å². The van der Waals surface area contributed by atoms with Crippen molar-refractivity contribution in [2.45, 2.75) is 44.6 Å². The van der Waals surface area contributed by atoms with Crippen LogP contribution in [0.15, 0.2) is 12.2 Å². The summed E-state index contributed by atoms with van der Waals surface area (Å²) in [6.07, 6.45) is 8.42. The maximum atomic E-state index is 12.7. The van der Waals surface area contributed by atoms with Gasteiger partial charge in [0.25, 0.3) is 0 Å². The first-order valence-corrected chi connectivity index (χ1v) is 7.43. The van der Waals surface area contributed by atoms with Crippen LogP contribution in [0.1, 0.15) is 38.5 Å². The maximum Gasteiger partial charge on any atom is 0.305 e. The largest absolute Gasteiger partial charge is 0.481 e. The second-order valence-electron chi connectivity index (χ2n) is 5.50. The highest BCUT2D eigenvalue weighted by atomic mass is 16.5. The highest BCUT2D eigenvalue weighted by molar-refractivity contribution is 5.80. The first-order valence-electron chi connectivity index (χ1n) is 7.43. The van der Waals surface area contributed by atoms with Gasteiger partial charge < -0.3 is 14.7 Å². The van der Waals surface area contributed by atoms with Crippen LogP contribution in [0.4, 0.5) is 0 Å². The van der Waals surface area contributed by atoms with Gasteiger partial charge in [-0.25, -0.2) is 0 Å². The molecule has 0 radical (unpaired) electrons. The smallest absolute Gasteiger partial charge is 0.305 e. The third kappa shape index (κ3) is 4.07. The van der Waals surface area contributed by atoms with Gasteiger partial charge >= 0.3 is 5.97 Å². The van der Waals surface area contributed by atoms with E-state index < -0.39 is 5.97 Å². The summed E-state index contributed by atoms with van der Waals surface area (Å²) in [7, 11) is 0. The average molecular weight is 281 g/mol. The number of carbonyl (C=O) groups is 2. The quantitative estimate of drug-likeness (QED) is 0.781. The summed E-state index contributed by atoms with van der Waals surface area (Å²) in [5.74, 6) is -0.697. The molecule has 0 unspecified atom stereocenters. The topological polar surface area (TPSA) is 66.8 Å². The zero-order chi connectivity index (χ0) is 14.4. The average Bonchev–Trinajstić information content (AvgIpc) is 2.49. The van der Waals surface area contributed by atoms with Gasteiger partial charge in [0.2, 0.25) is 5.91 Å². The Balaban J connectivity index is 2.01. The third-order valence-electron chi connectivity index (χ3n) is 4.10. The second kappa shape index (κ2) is 7.43. The highest BCUT2D eigenvalue weighted by Gasteiger charge is 2.30. The molecule has 2 aliphatic rings. The molecule has 1 saturated heterocycles. The fraction of sp³-hybridized carbons (Fsp3) is 0.733. The van der Waals surface area contributed by atoms with E-state index in [1.54, 1.807) is 4.90 Å². The van der Waals surface area contributed by atoms with E-state index in [4.69, 9.17) is 9.84 Å². The zero-order valence-corrected chi connectivity index (χ0v) is 11.8. The summed E-state index contributed by atoms with van der Waals surface area (Å²) in [5, 5.41) is 8.88. The summed E-state index contributed by atoms with van der Waals surface area (Å²) >= 11 is 0. The molecule has 0 aromatic heterocycles. The molecule has 20 heavy (non-hydrogen) atoms. The Bertz CT molecular complexity index is 374. The normalized spacial score (nSPS) is 23.5. The lowest BCUT2D eigenvalue weighted by Crippen LogP contribution is -2.47. The van der Waals surface area contributed by atoms with Crippen LogP contribution in [0.3, 0.4) is 0 Å². The Morgan fingerprint density at radius 3 is 2.55 bits per heavy atom. The van der Waals surface area contributed by atoms with E-state index >= 15 is 0 Å². The number of hydrogen-bond donors (Lipinski definition) is 1. The van der Waals surface area contributed by atoms with Gasteiger partial charge in [0.1, 0.15) is 0 Å². The minimum absolute atomic E-state index is 0.0195. The molecule has 112 valence electrons. The number of nitrogens with zero attached hydrogens (tertiary/aromatic N) is 1. The van der Waals surface area contributed by atoms with Gasteiger partial charge in [-0.1, -0.05) is 12.2 Å². The zero-order valence-electron chi connectivity index (χ0n) is 11.8. The van der Waals surface area contributed by atoms with Gasteiger partial charge in [-0.3, -0.25) is 9.59 Å². The summed E-state index contributed by atoms with van der Waals surface area (Å²) in [6, 6.07) is 0.140. The van der Waals surface area contributed by atoms with E-state index in [9.17, 15) is 9.59 Å². The summed E-state index contributed by atoms with van der Waals surface area (Å²) in [4.78, 5) is 25.3. The molecular formula is C15H23NO4. The molecule has 0 aromatic carbocycles. The van der Waals surface area contributed by atoms with Gasteiger partial charge in [0.15, 0.2) is 0 Å². The van der Waals surface area contributed by atoms with Crippen LogP contribution in [0, 0.1) is 5.92 Å². The van der Waals surface area contributed by atoms with Crippen molar-refractivity contribution in [3.63, 3.8) is 0 Å². The number of ether oxygens (including phenoxy) is 1. The van der Waals surface area contributed by atoms with Crippen LogP contribution < -0.4 is 0 Å². The van der Waals surface area contributed by atoms with Crippen LogP contribution in [0.5, 0.6) is 0 Å². The molecule has 0 bridgehead atoms.